The summed E-state index contributed by atoms with van der Waals surface area (Å²) < 4.78 is 47.5. The summed E-state index contributed by atoms with van der Waals surface area (Å²) >= 11 is 0. The maximum absolute atomic E-state index is 12.1. The molecule has 6 nitrogen and oxygen atoms in total. The summed E-state index contributed by atoms with van der Waals surface area (Å²) in [5.41, 5.74) is 0.451. The van der Waals surface area contributed by atoms with E-state index in [0.717, 1.165) is 31.5 Å². The summed E-state index contributed by atoms with van der Waals surface area (Å²) in [6, 6.07) is 4.49. The van der Waals surface area contributed by atoms with Crippen molar-refractivity contribution in [2.75, 3.05) is 37.5 Å². The number of nitrogens with zero attached hydrogens (tertiary/aromatic N) is 1. The second-order valence-electron chi connectivity index (χ2n) is 7.15. The molecule has 0 unspecified atom stereocenters. The van der Waals surface area contributed by atoms with Crippen LogP contribution in [0.5, 0.6) is 0 Å². The van der Waals surface area contributed by atoms with Gasteiger partial charge in [-0.2, -0.15) is 0 Å². The van der Waals surface area contributed by atoms with Crippen molar-refractivity contribution in [3.05, 3.63) is 18.2 Å². The summed E-state index contributed by atoms with van der Waals surface area (Å²) in [5, 5.41) is 3.19. The number of anilines is 1. The highest BCUT2D eigenvalue weighted by Crippen LogP contribution is 2.25. The Hall–Kier alpha value is -1.12. The second-order valence-corrected chi connectivity index (χ2v) is 11.2. The average Bonchev–Trinajstić information content (AvgIpc) is 2.51. The Labute approximate surface area is 151 Å². The Bertz CT molecular complexity index is 811. The number of sulfone groups is 2. The minimum Gasteiger partial charge on any atom is -0.382 e. The van der Waals surface area contributed by atoms with Crippen LogP contribution in [0, 0.1) is 5.92 Å². The van der Waals surface area contributed by atoms with Gasteiger partial charge in [-0.3, -0.25) is 4.90 Å². The lowest BCUT2D eigenvalue weighted by Gasteiger charge is -2.35. The third kappa shape index (κ3) is 5.43. The van der Waals surface area contributed by atoms with Crippen LogP contribution in [0.2, 0.25) is 0 Å². The van der Waals surface area contributed by atoms with E-state index in [2.05, 4.69) is 24.1 Å². The first-order valence-electron chi connectivity index (χ1n) is 8.50. The van der Waals surface area contributed by atoms with Crippen LogP contribution in [-0.4, -0.2) is 59.9 Å². The summed E-state index contributed by atoms with van der Waals surface area (Å²) in [6.45, 7) is 7.09. The first-order valence-corrected chi connectivity index (χ1v) is 12.3. The summed E-state index contributed by atoms with van der Waals surface area (Å²) in [6.07, 6.45) is 4.53. The molecule has 1 aliphatic rings. The molecule has 0 amide bonds. The first kappa shape index (κ1) is 20.2. The van der Waals surface area contributed by atoms with Crippen LogP contribution in [0.15, 0.2) is 28.0 Å². The monoisotopic (exact) mass is 388 g/mol. The van der Waals surface area contributed by atoms with Gasteiger partial charge >= 0.3 is 0 Å². The van der Waals surface area contributed by atoms with Crippen molar-refractivity contribution in [1.82, 2.24) is 4.90 Å². The van der Waals surface area contributed by atoms with Gasteiger partial charge < -0.3 is 5.32 Å². The van der Waals surface area contributed by atoms with E-state index in [1.165, 1.54) is 31.0 Å². The van der Waals surface area contributed by atoms with Gasteiger partial charge in [-0.05, 0) is 57.0 Å². The predicted octanol–water partition coefficient (Wildman–Crippen LogP) is 2.03. The third-order valence-corrected chi connectivity index (χ3v) is 7.06. The zero-order valence-electron chi connectivity index (χ0n) is 15.3. The fourth-order valence-electron chi connectivity index (χ4n) is 3.04. The molecule has 2 rings (SSSR count). The van der Waals surface area contributed by atoms with E-state index in [9.17, 15) is 16.8 Å². The Balaban J connectivity index is 2.16. The predicted molar refractivity (Wildman–Crippen MR) is 101 cm³/mol. The van der Waals surface area contributed by atoms with Crippen molar-refractivity contribution >= 4 is 25.4 Å². The molecule has 1 aromatic carbocycles. The standard InChI is InChI=1S/C17H28N2O4S2/c1-13-7-9-19(10-8-13)14(2)12-18-16-6-5-15(24(3,20)21)11-17(16)25(4,22)23/h5-6,11,13-14,18H,7-10,12H2,1-4H3/t14-/m0/s1. The number of hydrogen-bond donors (Lipinski definition) is 1. The number of rotatable bonds is 6. The third-order valence-electron chi connectivity index (χ3n) is 4.81. The van der Waals surface area contributed by atoms with Crippen molar-refractivity contribution in [3.8, 4) is 0 Å². The van der Waals surface area contributed by atoms with Gasteiger partial charge in [0, 0.05) is 25.1 Å². The minimum atomic E-state index is -3.54. The van der Waals surface area contributed by atoms with E-state index < -0.39 is 19.7 Å². The van der Waals surface area contributed by atoms with Gasteiger partial charge in [-0.15, -0.1) is 0 Å². The highest BCUT2D eigenvalue weighted by Gasteiger charge is 2.22. The van der Waals surface area contributed by atoms with Crippen molar-refractivity contribution in [2.24, 2.45) is 5.92 Å². The van der Waals surface area contributed by atoms with Gasteiger partial charge in [-0.1, -0.05) is 6.92 Å². The Morgan fingerprint density at radius 1 is 1.12 bits per heavy atom. The quantitative estimate of drug-likeness (QED) is 0.803. The molecule has 25 heavy (non-hydrogen) atoms. The number of benzene rings is 1. The van der Waals surface area contributed by atoms with Gasteiger partial charge in [-0.25, -0.2) is 16.8 Å². The molecule has 0 aromatic heterocycles. The van der Waals surface area contributed by atoms with Gasteiger partial charge in [0.05, 0.1) is 15.5 Å². The molecule has 0 bridgehead atoms. The molecule has 1 aliphatic heterocycles. The second kappa shape index (κ2) is 7.63. The zero-order chi connectivity index (χ0) is 18.8. The molecule has 142 valence electrons. The van der Waals surface area contributed by atoms with Gasteiger partial charge in [0.1, 0.15) is 0 Å². The maximum atomic E-state index is 12.1. The zero-order valence-corrected chi connectivity index (χ0v) is 17.0. The molecule has 1 N–H and O–H groups in total. The van der Waals surface area contributed by atoms with Gasteiger partial charge in [0.15, 0.2) is 19.7 Å². The molecule has 1 atom stereocenters. The fraction of sp³-hybridized carbons (Fsp3) is 0.647. The topological polar surface area (TPSA) is 83.6 Å². The maximum Gasteiger partial charge on any atom is 0.177 e. The lowest BCUT2D eigenvalue weighted by Crippen LogP contribution is -2.42. The molecule has 0 aliphatic carbocycles. The van der Waals surface area contributed by atoms with E-state index in [1.807, 2.05) is 0 Å². The number of hydrogen-bond acceptors (Lipinski definition) is 6. The van der Waals surface area contributed by atoms with Crippen molar-refractivity contribution in [2.45, 2.75) is 42.5 Å². The first-order chi connectivity index (χ1) is 11.5. The van der Waals surface area contributed by atoms with Gasteiger partial charge in [0.25, 0.3) is 0 Å². The summed E-state index contributed by atoms with van der Waals surface area (Å²) in [4.78, 5) is 2.43. The molecular formula is C17H28N2O4S2. The normalized spacial score (nSPS) is 18.9. The molecule has 0 radical (unpaired) electrons. The number of likely N-dealkylation sites (tertiary alicyclic amines) is 1. The molecule has 1 aromatic rings. The van der Waals surface area contributed by atoms with E-state index >= 15 is 0 Å². The molecule has 1 saturated heterocycles. The van der Waals surface area contributed by atoms with Crippen LogP contribution in [0.1, 0.15) is 26.7 Å². The lowest BCUT2D eigenvalue weighted by atomic mass is 9.98. The van der Waals surface area contributed by atoms with Crippen LogP contribution >= 0.6 is 0 Å². The van der Waals surface area contributed by atoms with Crippen molar-refractivity contribution in [3.63, 3.8) is 0 Å². The summed E-state index contributed by atoms with van der Waals surface area (Å²) in [5.74, 6) is 0.761. The smallest absolute Gasteiger partial charge is 0.177 e. The van der Waals surface area contributed by atoms with Crippen LogP contribution < -0.4 is 5.32 Å². The van der Waals surface area contributed by atoms with Crippen LogP contribution in [0.3, 0.4) is 0 Å². The Morgan fingerprint density at radius 3 is 2.24 bits per heavy atom. The van der Waals surface area contributed by atoms with Crippen molar-refractivity contribution < 1.29 is 16.8 Å². The summed E-state index contributed by atoms with van der Waals surface area (Å²) in [7, 11) is -6.99. The SMILES string of the molecule is CC1CCN([C@@H](C)CNc2ccc(S(C)(=O)=O)cc2S(C)(=O)=O)CC1. The van der Waals surface area contributed by atoms with Crippen molar-refractivity contribution in [1.29, 1.82) is 0 Å². The average molecular weight is 389 g/mol. The minimum absolute atomic E-state index is 0.0107. The lowest BCUT2D eigenvalue weighted by molar-refractivity contribution is 0.152. The molecule has 8 heteroatoms. The van der Waals surface area contributed by atoms with E-state index in [4.69, 9.17) is 0 Å². The molecule has 1 heterocycles. The molecule has 0 saturated carbocycles. The van der Waals surface area contributed by atoms with Crippen LogP contribution in [0.25, 0.3) is 0 Å². The highest BCUT2D eigenvalue weighted by molar-refractivity contribution is 7.91. The fourth-order valence-corrected chi connectivity index (χ4v) is 4.64. The molecule has 1 fully saturated rings. The molecular weight excluding hydrogens is 360 g/mol. The Kier molecular flexibility index (Phi) is 6.17. The molecule has 0 spiro atoms. The highest BCUT2D eigenvalue weighted by atomic mass is 32.2. The largest absolute Gasteiger partial charge is 0.382 e. The number of piperidine rings is 1. The Morgan fingerprint density at radius 2 is 1.72 bits per heavy atom. The number of nitrogens with one attached hydrogen (secondary N) is 1. The van der Waals surface area contributed by atoms with E-state index in [0.29, 0.717) is 12.2 Å². The van der Waals surface area contributed by atoms with Gasteiger partial charge in [0.2, 0.25) is 0 Å². The van der Waals surface area contributed by atoms with E-state index in [-0.39, 0.29) is 15.8 Å². The van der Waals surface area contributed by atoms with E-state index in [1.54, 1.807) is 0 Å². The van der Waals surface area contributed by atoms with Crippen LogP contribution in [0.4, 0.5) is 5.69 Å². The van der Waals surface area contributed by atoms with Crippen LogP contribution in [-0.2, 0) is 19.7 Å².